The number of rotatable bonds is 2. The van der Waals surface area contributed by atoms with Crippen molar-refractivity contribution in [1.29, 1.82) is 0 Å². The molecule has 0 bridgehead atoms. The largest absolute Gasteiger partial charge is 0.341 e. The summed E-state index contributed by atoms with van der Waals surface area (Å²) in [5.74, 6) is 0.314. The quantitative estimate of drug-likeness (QED) is 0.711. The summed E-state index contributed by atoms with van der Waals surface area (Å²) in [4.78, 5) is 29.8. The molecule has 1 aromatic carbocycles. The number of likely N-dealkylation sites (tertiary alicyclic amines) is 2. The fourth-order valence-corrected chi connectivity index (χ4v) is 4.40. The van der Waals surface area contributed by atoms with Gasteiger partial charge >= 0.3 is 0 Å². The van der Waals surface area contributed by atoms with Crippen molar-refractivity contribution in [1.82, 2.24) is 9.80 Å². The number of carbonyl (C=O) groups is 2. The summed E-state index contributed by atoms with van der Waals surface area (Å²) in [6.07, 6.45) is 3.86. The fraction of sp³-hybridized carbons (Fsp3) is 0.619. The lowest BCUT2D eigenvalue weighted by atomic mass is 9.90. The predicted octanol–water partition coefficient (Wildman–Crippen LogP) is 4.40. The number of benzene rings is 1. The number of amides is 2. The maximum absolute atomic E-state index is 13.2. The molecule has 0 aromatic heterocycles. The van der Waals surface area contributed by atoms with Gasteiger partial charge in [0.25, 0.3) is 0 Å². The minimum atomic E-state index is -0.390. The van der Waals surface area contributed by atoms with E-state index in [9.17, 15) is 9.59 Å². The molecule has 1 aromatic rings. The van der Waals surface area contributed by atoms with E-state index >= 15 is 0 Å². The molecule has 2 fully saturated rings. The minimum absolute atomic E-state index is 0.0638. The van der Waals surface area contributed by atoms with Crippen LogP contribution in [0.2, 0.25) is 0 Å². The van der Waals surface area contributed by atoms with E-state index in [0.29, 0.717) is 6.54 Å². The van der Waals surface area contributed by atoms with Crippen molar-refractivity contribution >= 4 is 27.7 Å². The average molecular weight is 421 g/mol. The lowest BCUT2D eigenvalue weighted by Gasteiger charge is -2.38. The first-order chi connectivity index (χ1) is 12.3. The van der Waals surface area contributed by atoms with Crippen LogP contribution in [-0.4, -0.2) is 41.2 Å². The van der Waals surface area contributed by atoms with Crippen LogP contribution in [0.15, 0.2) is 28.7 Å². The number of nitrogens with zero attached hydrogens (tertiary/aromatic N) is 2. The van der Waals surface area contributed by atoms with E-state index < -0.39 is 5.41 Å². The summed E-state index contributed by atoms with van der Waals surface area (Å²) in [6, 6.07) is 8.47. The molecule has 4 nitrogen and oxygen atoms in total. The monoisotopic (exact) mass is 420 g/mol. The Kier molecular flexibility index (Phi) is 5.75. The molecular formula is C21H29BrN2O2. The van der Waals surface area contributed by atoms with Gasteiger partial charge in [-0.05, 0) is 43.4 Å². The third-order valence-electron chi connectivity index (χ3n) is 5.49. The van der Waals surface area contributed by atoms with E-state index in [1.165, 1.54) is 5.56 Å². The second-order valence-electron chi connectivity index (χ2n) is 8.58. The van der Waals surface area contributed by atoms with Crippen LogP contribution in [0.25, 0.3) is 0 Å². The van der Waals surface area contributed by atoms with Crippen LogP contribution in [-0.2, 0) is 9.59 Å². The number of halogens is 1. The van der Waals surface area contributed by atoms with Crippen LogP contribution < -0.4 is 0 Å². The standard InChI is InChI=1S/C21H29BrN2O2/c1-21(2,3)20(26)23-12-4-6-16(14-23)19(25)24-13-5-7-18(24)15-8-10-17(22)11-9-15/h8-11,16,18H,4-7,12-14H2,1-3H3. The van der Waals surface area contributed by atoms with Gasteiger partial charge in [-0.1, -0.05) is 48.8 Å². The van der Waals surface area contributed by atoms with Gasteiger partial charge in [0.05, 0.1) is 12.0 Å². The van der Waals surface area contributed by atoms with E-state index in [-0.39, 0.29) is 23.8 Å². The molecule has 0 spiro atoms. The van der Waals surface area contributed by atoms with Crippen molar-refractivity contribution in [3.8, 4) is 0 Å². The fourth-order valence-electron chi connectivity index (χ4n) is 4.13. The summed E-state index contributed by atoms with van der Waals surface area (Å²) in [6.45, 7) is 8.01. The predicted molar refractivity (Wildman–Crippen MR) is 107 cm³/mol. The van der Waals surface area contributed by atoms with Crippen LogP contribution in [0, 0.1) is 11.3 Å². The Morgan fingerprint density at radius 3 is 2.35 bits per heavy atom. The summed E-state index contributed by atoms with van der Waals surface area (Å²) in [7, 11) is 0. The first-order valence-corrected chi connectivity index (χ1v) is 10.4. The first kappa shape index (κ1) is 19.4. The molecule has 0 saturated carbocycles. The molecule has 2 saturated heterocycles. The molecule has 0 radical (unpaired) electrons. The van der Waals surface area contributed by atoms with E-state index in [0.717, 1.165) is 43.2 Å². The van der Waals surface area contributed by atoms with E-state index in [1.807, 2.05) is 37.8 Å². The SMILES string of the molecule is CC(C)(C)C(=O)N1CCCC(C(=O)N2CCCC2c2ccc(Br)cc2)C1. The highest BCUT2D eigenvalue weighted by molar-refractivity contribution is 9.10. The molecular weight excluding hydrogens is 392 g/mol. The van der Waals surface area contributed by atoms with Gasteiger partial charge in [-0.3, -0.25) is 9.59 Å². The van der Waals surface area contributed by atoms with Crippen LogP contribution in [0.3, 0.4) is 0 Å². The molecule has 2 unspecified atom stereocenters. The molecule has 2 atom stereocenters. The highest BCUT2D eigenvalue weighted by atomic mass is 79.9. The van der Waals surface area contributed by atoms with Gasteiger partial charge in [0.15, 0.2) is 0 Å². The van der Waals surface area contributed by atoms with E-state index in [1.54, 1.807) is 0 Å². The van der Waals surface area contributed by atoms with Gasteiger partial charge in [0.2, 0.25) is 11.8 Å². The average Bonchev–Trinajstić information content (AvgIpc) is 3.10. The van der Waals surface area contributed by atoms with Gasteiger partial charge in [-0.25, -0.2) is 0 Å². The Hall–Kier alpha value is -1.36. The van der Waals surface area contributed by atoms with Gasteiger partial charge in [0, 0.05) is 29.5 Å². The molecule has 0 N–H and O–H groups in total. The topological polar surface area (TPSA) is 40.6 Å². The van der Waals surface area contributed by atoms with Gasteiger partial charge in [-0.15, -0.1) is 0 Å². The van der Waals surface area contributed by atoms with Crippen LogP contribution >= 0.6 is 15.9 Å². The van der Waals surface area contributed by atoms with Crippen LogP contribution in [0.4, 0.5) is 0 Å². The minimum Gasteiger partial charge on any atom is -0.341 e. The maximum atomic E-state index is 13.2. The highest BCUT2D eigenvalue weighted by Crippen LogP contribution is 2.35. The van der Waals surface area contributed by atoms with Crippen molar-refractivity contribution < 1.29 is 9.59 Å². The van der Waals surface area contributed by atoms with Gasteiger partial charge < -0.3 is 9.80 Å². The highest BCUT2D eigenvalue weighted by Gasteiger charge is 2.38. The Bertz CT molecular complexity index is 666. The maximum Gasteiger partial charge on any atom is 0.227 e. The second-order valence-corrected chi connectivity index (χ2v) is 9.50. The second kappa shape index (κ2) is 7.71. The number of hydrogen-bond acceptors (Lipinski definition) is 2. The summed E-state index contributed by atoms with van der Waals surface area (Å²) in [5, 5.41) is 0. The normalized spacial score (nSPS) is 24.0. The molecule has 2 amide bonds. The lowest BCUT2D eigenvalue weighted by Crippen LogP contribution is -2.49. The first-order valence-electron chi connectivity index (χ1n) is 9.62. The van der Waals surface area contributed by atoms with Crippen molar-refractivity contribution in [2.24, 2.45) is 11.3 Å². The zero-order valence-corrected chi connectivity index (χ0v) is 17.6. The Morgan fingerprint density at radius 1 is 1.04 bits per heavy atom. The number of carbonyl (C=O) groups excluding carboxylic acids is 2. The van der Waals surface area contributed by atoms with Gasteiger partial charge in [-0.2, -0.15) is 0 Å². The molecule has 5 heteroatoms. The molecule has 2 aliphatic rings. The Balaban J connectivity index is 1.71. The smallest absolute Gasteiger partial charge is 0.227 e. The van der Waals surface area contributed by atoms with Gasteiger partial charge in [0.1, 0.15) is 0 Å². The van der Waals surface area contributed by atoms with Crippen molar-refractivity contribution in [2.75, 3.05) is 19.6 Å². The Morgan fingerprint density at radius 2 is 1.69 bits per heavy atom. The van der Waals surface area contributed by atoms with E-state index in [2.05, 4.69) is 33.0 Å². The third-order valence-corrected chi connectivity index (χ3v) is 6.02. The summed E-state index contributed by atoms with van der Waals surface area (Å²) in [5.41, 5.74) is 0.816. The zero-order valence-electron chi connectivity index (χ0n) is 16.0. The number of piperidine rings is 1. The molecule has 2 aliphatic heterocycles. The van der Waals surface area contributed by atoms with Crippen molar-refractivity contribution in [3.05, 3.63) is 34.3 Å². The molecule has 142 valence electrons. The molecule has 2 heterocycles. The number of hydrogen-bond donors (Lipinski definition) is 0. The zero-order chi connectivity index (χ0) is 18.9. The summed E-state index contributed by atoms with van der Waals surface area (Å²) < 4.78 is 1.06. The van der Waals surface area contributed by atoms with E-state index in [4.69, 9.17) is 0 Å². The third kappa shape index (κ3) is 4.13. The molecule has 0 aliphatic carbocycles. The van der Waals surface area contributed by atoms with Crippen LogP contribution in [0.5, 0.6) is 0 Å². The van der Waals surface area contributed by atoms with Crippen molar-refractivity contribution in [2.45, 2.75) is 52.5 Å². The molecule has 3 rings (SSSR count). The lowest BCUT2D eigenvalue weighted by molar-refractivity contribution is -0.145. The Labute approximate surface area is 165 Å². The van der Waals surface area contributed by atoms with Crippen LogP contribution in [0.1, 0.15) is 58.1 Å². The molecule has 26 heavy (non-hydrogen) atoms. The van der Waals surface area contributed by atoms with Crippen molar-refractivity contribution in [3.63, 3.8) is 0 Å². The summed E-state index contributed by atoms with van der Waals surface area (Å²) >= 11 is 3.48.